The molecular weight excluding hydrogens is 378 g/mol. The zero-order chi connectivity index (χ0) is 19.9. The number of carbonyl (C=O) groups is 1. The van der Waals surface area contributed by atoms with Crippen molar-refractivity contribution in [2.24, 2.45) is 0 Å². The predicted octanol–water partition coefficient (Wildman–Crippen LogP) is 2.41. The van der Waals surface area contributed by atoms with Crippen molar-refractivity contribution < 1.29 is 14.6 Å². The van der Waals surface area contributed by atoms with E-state index >= 15 is 0 Å². The molecule has 2 aromatic carbocycles. The number of halogens is 1. The lowest BCUT2D eigenvalue weighted by Gasteiger charge is -2.35. The third-order valence-corrected chi connectivity index (χ3v) is 4.86. The molecule has 1 saturated heterocycles. The van der Waals surface area contributed by atoms with E-state index in [4.69, 9.17) is 21.6 Å². The summed E-state index contributed by atoms with van der Waals surface area (Å²) in [5.74, 6) is 0.599. The average Bonchev–Trinajstić information content (AvgIpc) is 2.72. The van der Waals surface area contributed by atoms with E-state index in [9.17, 15) is 9.90 Å². The number of β-amino-alcohol motifs (C(OH)–C–C–N with tert-alkyl or cyclic N) is 1. The van der Waals surface area contributed by atoms with Gasteiger partial charge in [0.05, 0.1) is 11.6 Å². The van der Waals surface area contributed by atoms with E-state index in [1.807, 2.05) is 4.90 Å². The fourth-order valence-corrected chi connectivity index (χ4v) is 3.30. The van der Waals surface area contributed by atoms with Crippen molar-refractivity contribution in [3.8, 4) is 11.8 Å². The summed E-state index contributed by atoms with van der Waals surface area (Å²) in [5.41, 5.74) is 1.16. The fraction of sp³-hybridized carbons (Fsp3) is 0.333. The summed E-state index contributed by atoms with van der Waals surface area (Å²) < 4.78 is 5.57. The topological polar surface area (TPSA) is 76.8 Å². The van der Waals surface area contributed by atoms with Crippen LogP contribution in [0.1, 0.15) is 15.9 Å². The first kappa shape index (κ1) is 20.2. The van der Waals surface area contributed by atoms with Crippen molar-refractivity contribution in [3.05, 3.63) is 64.7 Å². The Balaban J connectivity index is 1.42. The number of hydrogen-bond donors (Lipinski definition) is 1. The molecule has 1 aliphatic rings. The van der Waals surface area contributed by atoms with E-state index in [0.717, 1.165) is 0 Å². The molecule has 2 aromatic rings. The van der Waals surface area contributed by atoms with Crippen LogP contribution < -0.4 is 4.74 Å². The molecule has 0 aromatic heterocycles. The minimum absolute atomic E-state index is 0.0214. The van der Waals surface area contributed by atoms with E-state index in [-0.39, 0.29) is 12.5 Å². The smallest absolute Gasteiger partial charge is 0.253 e. The van der Waals surface area contributed by atoms with Crippen LogP contribution >= 0.6 is 11.6 Å². The molecule has 6 nitrogen and oxygen atoms in total. The largest absolute Gasteiger partial charge is 0.491 e. The number of aliphatic hydroxyl groups is 1. The van der Waals surface area contributed by atoms with Gasteiger partial charge >= 0.3 is 0 Å². The van der Waals surface area contributed by atoms with Crippen LogP contribution in [-0.4, -0.2) is 66.2 Å². The maximum Gasteiger partial charge on any atom is 0.253 e. The molecule has 1 aliphatic heterocycles. The number of hydrogen-bond acceptors (Lipinski definition) is 5. The van der Waals surface area contributed by atoms with Crippen LogP contribution in [0.2, 0.25) is 5.02 Å². The van der Waals surface area contributed by atoms with Gasteiger partial charge < -0.3 is 14.7 Å². The monoisotopic (exact) mass is 399 g/mol. The molecular formula is C21H22ClN3O3. The molecule has 146 valence electrons. The van der Waals surface area contributed by atoms with Crippen LogP contribution in [-0.2, 0) is 0 Å². The molecule has 0 bridgehead atoms. The summed E-state index contributed by atoms with van der Waals surface area (Å²) >= 11 is 5.96. The van der Waals surface area contributed by atoms with E-state index in [1.54, 1.807) is 48.5 Å². The first-order valence-electron chi connectivity index (χ1n) is 9.13. The van der Waals surface area contributed by atoms with Gasteiger partial charge in [0, 0.05) is 43.3 Å². The Morgan fingerprint density at radius 3 is 2.54 bits per heavy atom. The van der Waals surface area contributed by atoms with Crippen LogP contribution in [0.25, 0.3) is 0 Å². The van der Waals surface area contributed by atoms with Gasteiger partial charge in [-0.25, -0.2) is 0 Å². The maximum absolute atomic E-state index is 12.5. The Hall–Kier alpha value is -2.59. The summed E-state index contributed by atoms with van der Waals surface area (Å²) in [7, 11) is 0. The van der Waals surface area contributed by atoms with Crippen molar-refractivity contribution >= 4 is 17.5 Å². The van der Waals surface area contributed by atoms with Gasteiger partial charge in [-0.3, -0.25) is 9.69 Å². The van der Waals surface area contributed by atoms with Crippen molar-refractivity contribution in [1.82, 2.24) is 9.80 Å². The second-order valence-corrected chi connectivity index (χ2v) is 7.14. The lowest BCUT2D eigenvalue weighted by Crippen LogP contribution is -2.50. The van der Waals surface area contributed by atoms with Crippen molar-refractivity contribution in [3.63, 3.8) is 0 Å². The molecule has 1 N–H and O–H groups in total. The van der Waals surface area contributed by atoms with Gasteiger partial charge in [-0.2, -0.15) is 5.26 Å². The van der Waals surface area contributed by atoms with Crippen LogP contribution in [0.4, 0.5) is 0 Å². The van der Waals surface area contributed by atoms with Gasteiger partial charge in [-0.15, -0.1) is 0 Å². The van der Waals surface area contributed by atoms with Gasteiger partial charge in [-0.05, 0) is 42.5 Å². The average molecular weight is 400 g/mol. The van der Waals surface area contributed by atoms with Crippen molar-refractivity contribution in [1.29, 1.82) is 5.26 Å². The van der Waals surface area contributed by atoms with Gasteiger partial charge in [0.25, 0.3) is 5.91 Å². The molecule has 0 aliphatic carbocycles. The Morgan fingerprint density at radius 1 is 1.18 bits per heavy atom. The van der Waals surface area contributed by atoms with Crippen LogP contribution in [0.5, 0.6) is 5.75 Å². The molecule has 1 heterocycles. The molecule has 0 saturated carbocycles. The molecule has 0 spiro atoms. The molecule has 1 unspecified atom stereocenters. The predicted molar refractivity (Wildman–Crippen MR) is 106 cm³/mol. The highest BCUT2D eigenvalue weighted by Gasteiger charge is 2.23. The molecule has 0 radical (unpaired) electrons. The Labute approximate surface area is 169 Å². The van der Waals surface area contributed by atoms with Crippen molar-refractivity contribution in [2.45, 2.75) is 6.10 Å². The number of nitrogens with zero attached hydrogens (tertiary/aromatic N) is 3. The summed E-state index contributed by atoms with van der Waals surface area (Å²) in [6.45, 7) is 3.26. The van der Waals surface area contributed by atoms with Crippen LogP contribution in [0, 0.1) is 11.3 Å². The summed E-state index contributed by atoms with van der Waals surface area (Å²) in [4.78, 5) is 16.5. The standard InChI is InChI=1S/C21H22ClN3O3/c22-18-3-1-2-17(12-18)21(27)25-10-8-24(9-11-25)14-19(26)15-28-20-6-4-16(13-23)5-7-20/h1-7,12,19,26H,8-11,14-15H2. The number of amides is 1. The van der Waals surface area contributed by atoms with Gasteiger partial charge in [0.2, 0.25) is 0 Å². The quantitative estimate of drug-likeness (QED) is 0.807. The minimum Gasteiger partial charge on any atom is -0.491 e. The fourth-order valence-electron chi connectivity index (χ4n) is 3.11. The van der Waals surface area contributed by atoms with Gasteiger partial charge in [-0.1, -0.05) is 17.7 Å². The highest BCUT2D eigenvalue weighted by molar-refractivity contribution is 6.30. The molecule has 3 rings (SSSR count). The number of carbonyl (C=O) groups excluding carboxylic acids is 1. The highest BCUT2D eigenvalue weighted by Crippen LogP contribution is 2.15. The number of ether oxygens (including phenoxy) is 1. The molecule has 1 amide bonds. The van der Waals surface area contributed by atoms with Crippen LogP contribution in [0.3, 0.4) is 0 Å². The first-order valence-corrected chi connectivity index (χ1v) is 9.51. The Bertz CT molecular complexity index is 843. The van der Waals surface area contributed by atoms with Gasteiger partial charge in [0.1, 0.15) is 18.5 Å². The third-order valence-electron chi connectivity index (χ3n) is 4.63. The lowest BCUT2D eigenvalue weighted by atomic mass is 10.2. The lowest BCUT2D eigenvalue weighted by molar-refractivity contribution is 0.0403. The minimum atomic E-state index is -0.633. The molecule has 7 heteroatoms. The zero-order valence-corrected chi connectivity index (χ0v) is 16.2. The molecule has 1 fully saturated rings. The van der Waals surface area contributed by atoms with E-state index < -0.39 is 6.10 Å². The van der Waals surface area contributed by atoms with Crippen LogP contribution in [0.15, 0.2) is 48.5 Å². The normalized spacial score (nSPS) is 15.7. The van der Waals surface area contributed by atoms with Gasteiger partial charge in [0.15, 0.2) is 0 Å². The van der Waals surface area contributed by atoms with E-state index in [0.29, 0.717) is 54.6 Å². The number of rotatable bonds is 6. The zero-order valence-electron chi connectivity index (χ0n) is 15.4. The number of aliphatic hydroxyl groups excluding tert-OH is 1. The summed E-state index contributed by atoms with van der Waals surface area (Å²) in [5, 5.41) is 19.6. The highest BCUT2D eigenvalue weighted by atomic mass is 35.5. The molecule has 1 atom stereocenters. The van der Waals surface area contributed by atoms with E-state index in [1.165, 1.54) is 0 Å². The number of piperazine rings is 1. The summed E-state index contributed by atoms with van der Waals surface area (Å²) in [6, 6.07) is 15.8. The Morgan fingerprint density at radius 2 is 1.89 bits per heavy atom. The second-order valence-electron chi connectivity index (χ2n) is 6.70. The number of benzene rings is 2. The van der Waals surface area contributed by atoms with Crippen molar-refractivity contribution in [2.75, 3.05) is 39.3 Å². The third kappa shape index (κ3) is 5.46. The molecule has 28 heavy (non-hydrogen) atoms. The first-order chi connectivity index (χ1) is 13.5. The maximum atomic E-state index is 12.5. The number of nitriles is 1. The Kier molecular flexibility index (Phi) is 6.88. The van der Waals surface area contributed by atoms with E-state index in [2.05, 4.69) is 11.0 Å². The SMILES string of the molecule is N#Cc1ccc(OCC(O)CN2CCN(C(=O)c3cccc(Cl)c3)CC2)cc1. The summed E-state index contributed by atoms with van der Waals surface area (Å²) in [6.07, 6.45) is -0.633. The second kappa shape index (κ2) is 9.56.